The van der Waals surface area contributed by atoms with Crippen LogP contribution in [-0.2, 0) is 14.3 Å². The number of halogens is 1. The number of esters is 1. The summed E-state index contributed by atoms with van der Waals surface area (Å²) in [6.07, 6.45) is 1.77. The molecule has 1 rings (SSSR count). The van der Waals surface area contributed by atoms with E-state index in [4.69, 9.17) is 4.74 Å². The maximum absolute atomic E-state index is 11.2. The zero-order valence-electron chi connectivity index (χ0n) is 6.93. The fourth-order valence-electron chi connectivity index (χ4n) is 0.750. The number of carbonyl (C=O) groups excluding carboxylic acids is 2. The summed E-state index contributed by atoms with van der Waals surface area (Å²) in [5, 5.41) is 0.247. The number of alkyl halides is 1. The second-order valence-corrected chi connectivity index (χ2v) is 3.87. The molecule has 0 atom stereocenters. The predicted octanol–water partition coefficient (Wildman–Crippen LogP) is 1.29. The molecule has 4 heteroatoms. The molecule has 1 aliphatic carbocycles. The third-order valence-corrected chi connectivity index (χ3v) is 2.63. The van der Waals surface area contributed by atoms with Gasteiger partial charge in [-0.05, 0) is 19.8 Å². The molecular formula is C8H11BrO3. The topological polar surface area (TPSA) is 43.4 Å². The number of hydrogen-bond acceptors (Lipinski definition) is 3. The number of ether oxygens (including phenoxy) is 1. The zero-order valence-corrected chi connectivity index (χ0v) is 8.52. The molecule has 0 aliphatic heterocycles. The van der Waals surface area contributed by atoms with Crippen molar-refractivity contribution in [2.24, 2.45) is 5.41 Å². The van der Waals surface area contributed by atoms with E-state index >= 15 is 0 Å². The van der Waals surface area contributed by atoms with Crippen molar-refractivity contribution in [2.75, 3.05) is 11.9 Å². The number of ketones is 1. The molecule has 0 bridgehead atoms. The largest absolute Gasteiger partial charge is 0.457 e. The van der Waals surface area contributed by atoms with Gasteiger partial charge in [0.2, 0.25) is 0 Å². The molecular weight excluding hydrogens is 224 g/mol. The van der Waals surface area contributed by atoms with Crippen LogP contribution in [0.5, 0.6) is 0 Å². The first-order valence-corrected chi connectivity index (χ1v) is 4.95. The van der Waals surface area contributed by atoms with Crippen molar-refractivity contribution >= 4 is 27.7 Å². The molecule has 0 radical (unpaired) electrons. The molecule has 1 aliphatic rings. The highest BCUT2D eigenvalue weighted by molar-refractivity contribution is 9.09. The molecule has 0 saturated heterocycles. The van der Waals surface area contributed by atoms with Gasteiger partial charge in [0.05, 0.1) is 10.7 Å². The van der Waals surface area contributed by atoms with Crippen molar-refractivity contribution in [2.45, 2.75) is 19.8 Å². The number of hydrogen-bond donors (Lipinski definition) is 0. The minimum Gasteiger partial charge on any atom is -0.457 e. The van der Waals surface area contributed by atoms with Crippen molar-refractivity contribution in [3.8, 4) is 0 Å². The lowest BCUT2D eigenvalue weighted by molar-refractivity contribution is -0.152. The molecule has 12 heavy (non-hydrogen) atoms. The van der Waals surface area contributed by atoms with Crippen LogP contribution in [0.1, 0.15) is 19.8 Å². The van der Waals surface area contributed by atoms with E-state index in [-0.39, 0.29) is 29.1 Å². The lowest BCUT2D eigenvalue weighted by atomic mass is 10.1. The van der Waals surface area contributed by atoms with E-state index < -0.39 is 0 Å². The Morgan fingerprint density at radius 3 is 2.50 bits per heavy atom. The van der Waals surface area contributed by atoms with Crippen LogP contribution in [0.4, 0.5) is 0 Å². The molecule has 1 fully saturated rings. The second kappa shape index (κ2) is 3.56. The van der Waals surface area contributed by atoms with Gasteiger partial charge in [0.25, 0.3) is 0 Å². The smallest absolute Gasteiger partial charge is 0.312 e. The standard InChI is InChI=1S/C8H11BrO3/c1-8(2-3-8)7(11)12-5-6(10)4-9/h2-5H2,1H3. The fourth-order valence-corrected chi connectivity index (χ4v) is 0.912. The zero-order chi connectivity index (χ0) is 9.19. The average molecular weight is 235 g/mol. The lowest BCUT2D eigenvalue weighted by Crippen LogP contribution is -2.20. The Morgan fingerprint density at radius 1 is 1.50 bits per heavy atom. The fraction of sp³-hybridized carbons (Fsp3) is 0.750. The monoisotopic (exact) mass is 234 g/mol. The molecule has 1 saturated carbocycles. The van der Waals surface area contributed by atoms with E-state index in [2.05, 4.69) is 15.9 Å². The van der Waals surface area contributed by atoms with Crippen molar-refractivity contribution in [3.05, 3.63) is 0 Å². The molecule has 0 amide bonds. The summed E-state index contributed by atoms with van der Waals surface area (Å²) in [6.45, 7) is 1.76. The highest BCUT2D eigenvalue weighted by atomic mass is 79.9. The molecule has 3 nitrogen and oxygen atoms in total. The average Bonchev–Trinajstić information content (AvgIpc) is 2.80. The summed E-state index contributed by atoms with van der Waals surface area (Å²) in [6, 6.07) is 0. The summed E-state index contributed by atoms with van der Waals surface area (Å²) < 4.78 is 4.80. The molecule has 0 unspecified atom stereocenters. The van der Waals surface area contributed by atoms with Crippen molar-refractivity contribution in [1.29, 1.82) is 0 Å². The van der Waals surface area contributed by atoms with Gasteiger partial charge in [0, 0.05) is 0 Å². The van der Waals surface area contributed by atoms with Crippen molar-refractivity contribution in [3.63, 3.8) is 0 Å². The second-order valence-electron chi connectivity index (χ2n) is 3.31. The van der Waals surface area contributed by atoms with E-state index in [0.717, 1.165) is 12.8 Å². The summed E-state index contributed by atoms with van der Waals surface area (Å²) >= 11 is 2.99. The molecule has 0 aromatic heterocycles. The van der Waals surface area contributed by atoms with Crippen molar-refractivity contribution in [1.82, 2.24) is 0 Å². The highest BCUT2D eigenvalue weighted by Gasteiger charge is 2.46. The molecule has 0 aromatic carbocycles. The van der Waals surface area contributed by atoms with Crippen LogP contribution in [-0.4, -0.2) is 23.7 Å². The molecule has 0 spiro atoms. The van der Waals surface area contributed by atoms with Gasteiger partial charge in [0.15, 0.2) is 12.4 Å². The Balaban J connectivity index is 2.23. The Morgan fingerprint density at radius 2 is 2.08 bits per heavy atom. The first-order valence-electron chi connectivity index (χ1n) is 3.83. The number of carbonyl (C=O) groups is 2. The Labute approximate surface area is 79.6 Å². The van der Waals surface area contributed by atoms with E-state index in [1.165, 1.54) is 0 Å². The molecule has 0 N–H and O–H groups in total. The molecule has 0 aromatic rings. The quantitative estimate of drug-likeness (QED) is 0.544. The van der Waals surface area contributed by atoms with Crippen molar-refractivity contribution < 1.29 is 14.3 Å². The first-order chi connectivity index (χ1) is 5.58. The first kappa shape index (κ1) is 9.71. The van der Waals surface area contributed by atoms with Gasteiger partial charge in [0.1, 0.15) is 0 Å². The van der Waals surface area contributed by atoms with E-state index in [1.54, 1.807) is 0 Å². The van der Waals surface area contributed by atoms with Crippen LogP contribution in [0.15, 0.2) is 0 Å². The van der Waals surface area contributed by atoms with Gasteiger partial charge in [-0.2, -0.15) is 0 Å². The summed E-state index contributed by atoms with van der Waals surface area (Å²) in [5.74, 6) is -0.343. The molecule has 0 heterocycles. The minimum absolute atomic E-state index is 0.0975. The predicted molar refractivity (Wildman–Crippen MR) is 47.1 cm³/mol. The Kier molecular flexibility index (Phi) is 2.88. The minimum atomic E-state index is -0.285. The summed E-state index contributed by atoms with van der Waals surface area (Å²) in [5.41, 5.74) is -0.285. The third kappa shape index (κ3) is 2.30. The van der Waals surface area contributed by atoms with Gasteiger partial charge in [-0.25, -0.2) is 0 Å². The number of rotatable bonds is 4. The van der Waals surface area contributed by atoms with Gasteiger partial charge < -0.3 is 4.74 Å². The van der Waals surface area contributed by atoms with Gasteiger partial charge in [-0.1, -0.05) is 15.9 Å². The SMILES string of the molecule is CC1(C(=O)OCC(=O)CBr)CC1. The van der Waals surface area contributed by atoms with Crippen LogP contribution in [0.3, 0.4) is 0 Å². The Bertz CT molecular complexity index is 208. The third-order valence-electron chi connectivity index (χ3n) is 2.01. The van der Waals surface area contributed by atoms with Crippen LogP contribution >= 0.6 is 15.9 Å². The van der Waals surface area contributed by atoms with E-state index in [1.807, 2.05) is 6.92 Å². The van der Waals surface area contributed by atoms with Crippen LogP contribution in [0, 0.1) is 5.41 Å². The summed E-state index contributed by atoms with van der Waals surface area (Å²) in [4.78, 5) is 21.9. The van der Waals surface area contributed by atoms with E-state index in [0.29, 0.717) is 0 Å². The van der Waals surface area contributed by atoms with Gasteiger partial charge in [-0.15, -0.1) is 0 Å². The normalized spacial score (nSPS) is 18.5. The van der Waals surface area contributed by atoms with Crippen LogP contribution < -0.4 is 0 Å². The Hall–Kier alpha value is -0.380. The lowest BCUT2D eigenvalue weighted by Gasteiger charge is -2.06. The highest BCUT2D eigenvalue weighted by Crippen LogP contribution is 2.45. The van der Waals surface area contributed by atoms with Gasteiger partial charge >= 0.3 is 5.97 Å². The summed E-state index contributed by atoms with van der Waals surface area (Å²) in [7, 11) is 0. The maximum Gasteiger partial charge on any atom is 0.312 e. The van der Waals surface area contributed by atoms with E-state index in [9.17, 15) is 9.59 Å². The van der Waals surface area contributed by atoms with Crippen LogP contribution in [0.25, 0.3) is 0 Å². The number of Topliss-reactive ketones (excluding diaryl/α,β-unsaturated/α-hetero) is 1. The van der Waals surface area contributed by atoms with Crippen LogP contribution in [0.2, 0.25) is 0 Å². The molecule has 68 valence electrons. The van der Waals surface area contributed by atoms with Gasteiger partial charge in [-0.3, -0.25) is 9.59 Å². The maximum atomic E-state index is 11.2.